The topological polar surface area (TPSA) is 115 Å². The molecule has 8 nitrogen and oxygen atoms in total. The number of nitrogens with zero attached hydrogens (tertiary/aromatic N) is 4. The second kappa shape index (κ2) is 6.09. The van der Waals surface area contributed by atoms with Gasteiger partial charge in [-0.05, 0) is 22.8 Å². The molecule has 0 aromatic carbocycles. The summed E-state index contributed by atoms with van der Waals surface area (Å²) in [4.78, 5) is 11.2. The summed E-state index contributed by atoms with van der Waals surface area (Å²) < 4.78 is 23.7. The smallest absolute Gasteiger partial charge is 0.308 e. The van der Waals surface area contributed by atoms with Crippen molar-refractivity contribution in [2.75, 3.05) is 6.26 Å². The molecule has 0 spiro atoms. The molecule has 0 fully saturated rings. The number of aliphatic carboxylic acids is 1. The molecule has 1 heterocycles. The number of aromatic nitrogens is 4. The number of carbonyl (C=O) groups is 1. The Morgan fingerprint density at radius 3 is 2.53 bits per heavy atom. The van der Waals surface area contributed by atoms with Crippen molar-refractivity contribution in [3.8, 4) is 0 Å². The summed E-state index contributed by atoms with van der Waals surface area (Å²) in [6, 6.07) is 0. The van der Waals surface area contributed by atoms with Crippen LogP contribution in [0.15, 0.2) is 0 Å². The van der Waals surface area contributed by atoms with Gasteiger partial charge in [-0.1, -0.05) is 13.8 Å². The van der Waals surface area contributed by atoms with Crippen LogP contribution in [0.25, 0.3) is 0 Å². The molecule has 19 heavy (non-hydrogen) atoms. The minimum atomic E-state index is -3.26. The van der Waals surface area contributed by atoms with Crippen molar-refractivity contribution in [1.82, 2.24) is 20.2 Å². The summed E-state index contributed by atoms with van der Waals surface area (Å²) in [6.45, 7) is 3.92. The van der Waals surface area contributed by atoms with Gasteiger partial charge in [0.25, 0.3) is 0 Å². The Morgan fingerprint density at radius 2 is 2.05 bits per heavy atom. The van der Waals surface area contributed by atoms with Crippen molar-refractivity contribution >= 4 is 15.8 Å². The number of sulfone groups is 1. The second-order valence-corrected chi connectivity index (χ2v) is 7.15. The van der Waals surface area contributed by atoms with Crippen molar-refractivity contribution in [3.63, 3.8) is 0 Å². The van der Waals surface area contributed by atoms with Gasteiger partial charge in [-0.3, -0.25) is 4.79 Å². The Labute approximate surface area is 111 Å². The second-order valence-electron chi connectivity index (χ2n) is 5.01. The van der Waals surface area contributed by atoms with E-state index in [1.54, 1.807) is 0 Å². The molecule has 0 amide bonds. The molecule has 1 aromatic heterocycles. The van der Waals surface area contributed by atoms with E-state index in [-0.39, 0.29) is 24.0 Å². The maximum atomic E-state index is 11.2. The Hall–Kier alpha value is -1.51. The Morgan fingerprint density at radius 1 is 1.42 bits per heavy atom. The minimum Gasteiger partial charge on any atom is -0.481 e. The van der Waals surface area contributed by atoms with Crippen molar-refractivity contribution in [1.29, 1.82) is 0 Å². The highest BCUT2D eigenvalue weighted by molar-refractivity contribution is 7.89. The van der Waals surface area contributed by atoms with Gasteiger partial charge < -0.3 is 5.11 Å². The number of carboxylic acids is 1. The summed E-state index contributed by atoms with van der Waals surface area (Å²) in [5.74, 6) is -1.49. The van der Waals surface area contributed by atoms with E-state index in [4.69, 9.17) is 5.11 Å². The van der Waals surface area contributed by atoms with Crippen LogP contribution in [-0.2, 0) is 26.9 Å². The summed E-state index contributed by atoms with van der Waals surface area (Å²) in [6.07, 6.45) is 1.56. The Balaban J connectivity index is 2.86. The van der Waals surface area contributed by atoms with Gasteiger partial charge in [-0.2, -0.15) is 0 Å². The van der Waals surface area contributed by atoms with E-state index in [1.807, 2.05) is 13.8 Å². The number of carboxylic acid groups (broad SMARTS) is 1. The lowest BCUT2D eigenvalue weighted by Gasteiger charge is -2.14. The average molecular weight is 290 g/mol. The minimum absolute atomic E-state index is 0.0748. The predicted molar refractivity (Wildman–Crippen MR) is 66.9 cm³/mol. The molecule has 0 aliphatic rings. The van der Waals surface area contributed by atoms with Crippen molar-refractivity contribution in [2.24, 2.45) is 11.8 Å². The van der Waals surface area contributed by atoms with Gasteiger partial charge in [-0.15, -0.1) is 5.10 Å². The summed E-state index contributed by atoms with van der Waals surface area (Å²) in [7, 11) is -3.26. The molecule has 108 valence electrons. The van der Waals surface area contributed by atoms with E-state index < -0.39 is 21.7 Å². The number of hydrogen-bond acceptors (Lipinski definition) is 6. The SMILES string of the molecule is CC(C)CC(Cn1nnnc1CS(C)(=O)=O)C(=O)O. The predicted octanol–water partition coefficient (Wildman–Crippen LogP) is -0.0354. The van der Waals surface area contributed by atoms with Crippen LogP contribution in [0.5, 0.6) is 0 Å². The molecule has 1 atom stereocenters. The maximum Gasteiger partial charge on any atom is 0.308 e. The molecule has 0 radical (unpaired) electrons. The highest BCUT2D eigenvalue weighted by atomic mass is 32.2. The molecular weight excluding hydrogens is 272 g/mol. The highest BCUT2D eigenvalue weighted by Crippen LogP contribution is 2.15. The first-order chi connectivity index (χ1) is 8.69. The number of hydrogen-bond donors (Lipinski definition) is 1. The van der Waals surface area contributed by atoms with Gasteiger partial charge in [0.05, 0.1) is 12.5 Å². The molecule has 1 N–H and O–H groups in total. The zero-order valence-corrected chi connectivity index (χ0v) is 12.0. The van der Waals surface area contributed by atoms with Gasteiger partial charge >= 0.3 is 5.97 Å². The van der Waals surface area contributed by atoms with E-state index in [0.29, 0.717) is 6.42 Å². The molecule has 0 bridgehead atoms. The molecule has 0 aliphatic heterocycles. The first-order valence-corrected chi connectivity index (χ1v) is 7.90. The maximum absolute atomic E-state index is 11.2. The van der Waals surface area contributed by atoms with E-state index in [9.17, 15) is 13.2 Å². The normalized spacial score (nSPS) is 13.7. The fourth-order valence-electron chi connectivity index (χ4n) is 1.73. The lowest BCUT2D eigenvalue weighted by Crippen LogP contribution is -2.24. The molecule has 9 heteroatoms. The third kappa shape index (κ3) is 5.33. The zero-order valence-electron chi connectivity index (χ0n) is 11.1. The van der Waals surface area contributed by atoms with Crippen LogP contribution in [0, 0.1) is 11.8 Å². The van der Waals surface area contributed by atoms with Crippen molar-refractivity contribution < 1.29 is 18.3 Å². The first-order valence-electron chi connectivity index (χ1n) is 5.84. The third-order valence-corrected chi connectivity index (χ3v) is 3.28. The van der Waals surface area contributed by atoms with E-state index in [0.717, 1.165) is 6.26 Å². The standard InChI is InChI=1S/C10H18N4O4S/c1-7(2)4-8(10(15)16)5-14-9(11-12-13-14)6-19(3,17)18/h7-8H,4-6H2,1-3H3,(H,15,16). The van der Waals surface area contributed by atoms with Crippen molar-refractivity contribution in [3.05, 3.63) is 5.82 Å². The van der Waals surface area contributed by atoms with Crippen LogP contribution in [0.4, 0.5) is 0 Å². The van der Waals surface area contributed by atoms with E-state index in [2.05, 4.69) is 15.5 Å². The molecule has 1 rings (SSSR count). The number of tetrazole rings is 1. The van der Waals surface area contributed by atoms with Gasteiger partial charge in [0.15, 0.2) is 15.7 Å². The number of rotatable bonds is 7. The quantitative estimate of drug-likeness (QED) is 0.749. The third-order valence-electron chi connectivity index (χ3n) is 2.50. The average Bonchev–Trinajstić information content (AvgIpc) is 2.61. The van der Waals surface area contributed by atoms with E-state index in [1.165, 1.54) is 4.68 Å². The van der Waals surface area contributed by atoms with Crippen LogP contribution in [-0.4, -0.2) is 46.0 Å². The molecular formula is C10H18N4O4S. The first kappa shape index (κ1) is 15.5. The van der Waals surface area contributed by atoms with E-state index >= 15 is 0 Å². The van der Waals surface area contributed by atoms with Crippen LogP contribution in [0.2, 0.25) is 0 Å². The summed E-state index contributed by atoms with van der Waals surface area (Å²) in [5.41, 5.74) is 0. The highest BCUT2D eigenvalue weighted by Gasteiger charge is 2.22. The molecule has 0 saturated heterocycles. The fourth-order valence-corrected chi connectivity index (χ4v) is 2.41. The van der Waals surface area contributed by atoms with Crippen LogP contribution in [0.3, 0.4) is 0 Å². The monoisotopic (exact) mass is 290 g/mol. The van der Waals surface area contributed by atoms with Gasteiger partial charge in [0, 0.05) is 6.26 Å². The lowest BCUT2D eigenvalue weighted by atomic mass is 9.97. The Kier molecular flexibility index (Phi) is 4.98. The largest absolute Gasteiger partial charge is 0.481 e. The van der Waals surface area contributed by atoms with Crippen LogP contribution in [0.1, 0.15) is 26.1 Å². The molecule has 1 unspecified atom stereocenters. The van der Waals surface area contributed by atoms with Gasteiger partial charge in [0.2, 0.25) is 0 Å². The molecule has 0 aliphatic carbocycles. The lowest BCUT2D eigenvalue weighted by molar-refractivity contribution is -0.142. The fraction of sp³-hybridized carbons (Fsp3) is 0.800. The summed E-state index contributed by atoms with van der Waals surface area (Å²) in [5, 5.41) is 19.8. The van der Waals surface area contributed by atoms with Crippen LogP contribution >= 0.6 is 0 Å². The molecule has 0 saturated carbocycles. The molecule has 1 aromatic rings. The Bertz CT molecular complexity index is 537. The van der Waals surface area contributed by atoms with Crippen molar-refractivity contribution in [2.45, 2.75) is 32.6 Å². The van der Waals surface area contributed by atoms with Crippen LogP contribution < -0.4 is 0 Å². The zero-order chi connectivity index (χ0) is 14.6. The van der Waals surface area contributed by atoms with Gasteiger partial charge in [-0.25, -0.2) is 13.1 Å². The van der Waals surface area contributed by atoms with Gasteiger partial charge in [0.1, 0.15) is 5.75 Å². The summed E-state index contributed by atoms with van der Waals surface area (Å²) >= 11 is 0.